The Labute approximate surface area is 210 Å². The minimum Gasteiger partial charge on any atom is -0.480 e. The van der Waals surface area contributed by atoms with Gasteiger partial charge in [-0.05, 0) is 39.0 Å². The highest BCUT2D eigenvalue weighted by atomic mass is 32.2. The van der Waals surface area contributed by atoms with Crippen LogP contribution in [0.25, 0.3) is 0 Å². The van der Waals surface area contributed by atoms with Gasteiger partial charge in [0.05, 0.1) is 13.0 Å². The van der Waals surface area contributed by atoms with Gasteiger partial charge in [0.2, 0.25) is 5.91 Å². The van der Waals surface area contributed by atoms with E-state index < -0.39 is 39.8 Å². The van der Waals surface area contributed by atoms with E-state index in [1.807, 2.05) is 0 Å². The van der Waals surface area contributed by atoms with Crippen LogP contribution < -0.4 is 5.32 Å². The maximum absolute atomic E-state index is 11.9. The Bertz CT molecular complexity index is 736. The van der Waals surface area contributed by atoms with Crippen molar-refractivity contribution in [2.24, 2.45) is 0 Å². The fourth-order valence-electron chi connectivity index (χ4n) is 3.49. The number of unbranched alkanes of at least 4 members (excludes halogenated alkanes) is 11. The van der Waals surface area contributed by atoms with Gasteiger partial charge < -0.3 is 15.2 Å². The molecular weight excluding hydrogens is 474 g/mol. The summed E-state index contributed by atoms with van der Waals surface area (Å²) in [7, 11) is -4.92. The molecule has 3 N–H and O–H groups in total. The van der Waals surface area contributed by atoms with Crippen LogP contribution in [0.4, 0.5) is 0 Å². The van der Waals surface area contributed by atoms with Gasteiger partial charge in [-0.15, -0.1) is 0 Å². The monoisotopic (exact) mass is 519 g/mol. The van der Waals surface area contributed by atoms with E-state index in [0.29, 0.717) is 6.42 Å². The minimum absolute atomic E-state index is 0.0270. The largest absolute Gasteiger partial charge is 0.480 e. The third kappa shape index (κ3) is 20.0. The average molecular weight is 520 g/mol. The van der Waals surface area contributed by atoms with Gasteiger partial charge >= 0.3 is 11.9 Å². The van der Waals surface area contributed by atoms with Crippen molar-refractivity contribution in [1.29, 1.82) is 0 Å². The molecule has 0 fully saturated rings. The Morgan fingerprint density at radius 1 is 0.886 bits per heavy atom. The fraction of sp³-hybridized carbons (Fsp3) is 0.800. The molecule has 0 aliphatic rings. The molecule has 0 aromatic rings. The molecule has 0 radical (unpaired) electrons. The zero-order chi connectivity index (χ0) is 26.5. The van der Waals surface area contributed by atoms with Crippen LogP contribution in [0.5, 0.6) is 0 Å². The van der Waals surface area contributed by atoms with Crippen LogP contribution in [0.15, 0.2) is 12.2 Å². The molecule has 2 unspecified atom stereocenters. The van der Waals surface area contributed by atoms with E-state index in [-0.39, 0.29) is 12.5 Å². The predicted octanol–water partition coefficient (Wildman–Crippen LogP) is 4.80. The molecule has 0 aliphatic carbocycles. The summed E-state index contributed by atoms with van der Waals surface area (Å²) in [5.74, 6) is -3.11. The zero-order valence-electron chi connectivity index (χ0n) is 21.4. The van der Waals surface area contributed by atoms with Crippen molar-refractivity contribution in [3.8, 4) is 0 Å². The molecule has 0 aromatic carbocycles. The van der Waals surface area contributed by atoms with Crippen molar-refractivity contribution < 1.29 is 37.2 Å². The maximum Gasteiger partial charge on any atom is 0.325 e. The van der Waals surface area contributed by atoms with E-state index in [4.69, 9.17) is 14.4 Å². The van der Waals surface area contributed by atoms with Gasteiger partial charge in [0.25, 0.3) is 10.1 Å². The second-order valence-corrected chi connectivity index (χ2v) is 10.6. The first kappa shape index (κ1) is 33.1. The van der Waals surface area contributed by atoms with E-state index in [2.05, 4.69) is 24.4 Å². The Morgan fingerprint density at radius 2 is 1.40 bits per heavy atom. The number of carbonyl (C=O) groups excluding carboxylic acids is 2. The molecule has 0 aliphatic heterocycles. The predicted molar refractivity (Wildman–Crippen MR) is 136 cm³/mol. The first-order valence-electron chi connectivity index (χ1n) is 12.9. The second kappa shape index (κ2) is 20.3. The molecule has 0 saturated heterocycles. The second-order valence-electron chi connectivity index (χ2n) is 8.98. The third-order valence-corrected chi connectivity index (χ3v) is 6.66. The Kier molecular flexibility index (Phi) is 19.1. The number of amides is 1. The lowest BCUT2D eigenvalue weighted by Gasteiger charge is -2.15. The number of aliphatic carboxylic acids is 1. The zero-order valence-corrected chi connectivity index (χ0v) is 22.2. The number of carboxylic acids is 1. The molecular formula is C25H45NO8S. The van der Waals surface area contributed by atoms with Crippen LogP contribution in [0.1, 0.15) is 110 Å². The molecule has 0 heterocycles. The lowest BCUT2D eigenvalue weighted by Crippen LogP contribution is -2.36. The van der Waals surface area contributed by atoms with Crippen molar-refractivity contribution >= 4 is 28.0 Å². The molecule has 0 spiro atoms. The lowest BCUT2D eigenvalue weighted by molar-refractivity contribution is -0.151. The standard InChI is InChI=1S/C25H45NO8S/c1-3-4-5-6-7-8-9-10-11-12-13-14-15-16-17-18-23(27)26-20-21(2)34-24(28)19-22(25(29)30)35(31,32)33/h10-11,21-22H,3-9,12-20H2,1-2H3,(H,26,27)(H,29,30)(H,31,32,33)/b11-10-. The number of nitrogens with one attached hydrogen (secondary N) is 1. The third-order valence-electron chi connectivity index (χ3n) is 5.57. The highest BCUT2D eigenvalue weighted by Gasteiger charge is 2.34. The first-order valence-corrected chi connectivity index (χ1v) is 14.4. The average Bonchev–Trinajstić information content (AvgIpc) is 2.77. The summed E-state index contributed by atoms with van der Waals surface area (Å²) < 4.78 is 35.8. The van der Waals surface area contributed by atoms with E-state index in [1.165, 1.54) is 51.9 Å². The molecule has 0 bridgehead atoms. The molecule has 2 atom stereocenters. The molecule has 0 aromatic heterocycles. The molecule has 0 rings (SSSR count). The van der Waals surface area contributed by atoms with Crippen molar-refractivity contribution in [2.45, 2.75) is 122 Å². The van der Waals surface area contributed by atoms with Gasteiger partial charge in [0.1, 0.15) is 6.10 Å². The smallest absolute Gasteiger partial charge is 0.325 e. The van der Waals surface area contributed by atoms with Crippen LogP contribution in [-0.4, -0.2) is 53.8 Å². The molecule has 10 heteroatoms. The summed E-state index contributed by atoms with van der Waals surface area (Å²) in [5.41, 5.74) is 0. The van der Waals surface area contributed by atoms with Crippen molar-refractivity contribution in [3.05, 3.63) is 12.2 Å². The van der Waals surface area contributed by atoms with Crippen LogP contribution >= 0.6 is 0 Å². The van der Waals surface area contributed by atoms with E-state index in [9.17, 15) is 22.8 Å². The molecule has 0 saturated carbocycles. The van der Waals surface area contributed by atoms with Gasteiger partial charge in [-0.25, -0.2) is 0 Å². The first-order chi connectivity index (χ1) is 16.6. The van der Waals surface area contributed by atoms with Crippen molar-refractivity contribution in [3.63, 3.8) is 0 Å². The SMILES string of the molecule is CCCCCCCC/C=C\CCCCCCCC(=O)NCC(C)OC(=O)CC(C(=O)O)S(=O)(=O)O. The summed E-state index contributed by atoms with van der Waals surface area (Å²) in [5, 5.41) is 9.15. The van der Waals surface area contributed by atoms with Gasteiger partial charge in [-0.3, -0.25) is 18.9 Å². The van der Waals surface area contributed by atoms with E-state index >= 15 is 0 Å². The summed E-state index contributed by atoms with van der Waals surface area (Å²) in [6.07, 6.45) is 18.5. The number of carboxylic acid groups (broad SMARTS) is 1. The number of hydrogen-bond acceptors (Lipinski definition) is 6. The normalized spacial score (nSPS) is 13.5. The van der Waals surface area contributed by atoms with E-state index in [1.54, 1.807) is 0 Å². The highest BCUT2D eigenvalue weighted by molar-refractivity contribution is 7.87. The number of carbonyl (C=O) groups is 3. The summed E-state index contributed by atoms with van der Waals surface area (Å²) in [6.45, 7) is 3.75. The molecule has 9 nitrogen and oxygen atoms in total. The number of ether oxygens (including phenoxy) is 1. The Balaban J connectivity index is 3.73. The van der Waals surface area contributed by atoms with Gasteiger partial charge in [-0.2, -0.15) is 8.42 Å². The number of esters is 1. The number of hydrogen-bond donors (Lipinski definition) is 3. The topological polar surface area (TPSA) is 147 Å². The summed E-state index contributed by atoms with van der Waals surface area (Å²) in [6, 6.07) is 0. The van der Waals surface area contributed by atoms with E-state index in [0.717, 1.165) is 38.5 Å². The summed E-state index contributed by atoms with van der Waals surface area (Å²) in [4.78, 5) is 34.5. The van der Waals surface area contributed by atoms with Crippen LogP contribution in [0.2, 0.25) is 0 Å². The molecule has 204 valence electrons. The Hall–Kier alpha value is -1.94. The number of allylic oxidation sites excluding steroid dienone is 2. The van der Waals surface area contributed by atoms with Gasteiger partial charge in [0, 0.05) is 6.42 Å². The summed E-state index contributed by atoms with van der Waals surface area (Å²) >= 11 is 0. The minimum atomic E-state index is -4.92. The van der Waals surface area contributed by atoms with Crippen molar-refractivity contribution in [2.75, 3.05) is 6.54 Å². The maximum atomic E-state index is 11.9. The number of rotatable bonds is 22. The lowest BCUT2D eigenvalue weighted by atomic mass is 10.1. The van der Waals surface area contributed by atoms with Crippen LogP contribution in [0.3, 0.4) is 0 Å². The highest BCUT2D eigenvalue weighted by Crippen LogP contribution is 2.10. The van der Waals surface area contributed by atoms with Crippen LogP contribution in [0, 0.1) is 0 Å². The molecule has 1 amide bonds. The van der Waals surface area contributed by atoms with Crippen LogP contribution in [-0.2, 0) is 29.2 Å². The fourth-order valence-corrected chi connectivity index (χ4v) is 4.09. The van der Waals surface area contributed by atoms with Crippen molar-refractivity contribution in [1.82, 2.24) is 5.32 Å². The molecule has 35 heavy (non-hydrogen) atoms. The quantitative estimate of drug-likeness (QED) is 0.0799. The Morgan fingerprint density at radius 3 is 1.91 bits per heavy atom. The van der Waals surface area contributed by atoms with Gasteiger partial charge in [-0.1, -0.05) is 70.4 Å². The van der Waals surface area contributed by atoms with Gasteiger partial charge in [0.15, 0.2) is 5.25 Å².